The zero-order chi connectivity index (χ0) is 31.2. The summed E-state index contributed by atoms with van der Waals surface area (Å²) in [6, 6.07) is 52.8. The highest BCUT2D eigenvalue weighted by Crippen LogP contribution is 2.37. The maximum Gasteiger partial charge on any atom is 0.161 e. The Hall–Kier alpha value is -6.32. The first kappa shape index (κ1) is 27.0. The smallest absolute Gasteiger partial charge is 0.161 e. The molecule has 0 fully saturated rings. The predicted molar refractivity (Wildman–Crippen MR) is 197 cm³/mol. The molecule has 0 unspecified atom stereocenters. The molecule has 0 aliphatic carbocycles. The second-order valence-electron chi connectivity index (χ2n) is 11.8. The number of nitrogens with zero attached hydrogens (tertiary/aromatic N) is 2. The molecule has 0 bridgehead atoms. The molecule has 1 aliphatic rings. The zero-order valence-electron chi connectivity index (χ0n) is 25.5. The van der Waals surface area contributed by atoms with E-state index in [0.29, 0.717) is 5.84 Å². The number of amidine groups is 1. The Morgan fingerprint density at radius 2 is 1.17 bits per heavy atom. The lowest BCUT2D eigenvalue weighted by atomic mass is 9.98. The Labute approximate surface area is 272 Å². The highest BCUT2D eigenvalue weighted by atomic mass is 16.3. The zero-order valence-corrected chi connectivity index (χ0v) is 25.5. The van der Waals surface area contributed by atoms with E-state index in [-0.39, 0.29) is 0 Å². The maximum atomic E-state index is 6.45. The fourth-order valence-corrected chi connectivity index (χ4v) is 6.61. The molecule has 3 heteroatoms. The van der Waals surface area contributed by atoms with Gasteiger partial charge in [0.05, 0.1) is 11.4 Å². The molecule has 0 amide bonds. The van der Waals surface area contributed by atoms with Crippen LogP contribution in [0, 0.1) is 0 Å². The molecule has 0 saturated carbocycles. The van der Waals surface area contributed by atoms with Gasteiger partial charge in [-0.25, -0.2) is 9.98 Å². The summed E-state index contributed by atoms with van der Waals surface area (Å²) in [5, 5.41) is 6.81. The van der Waals surface area contributed by atoms with Gasteiger partial charge < -0.3 is 4.42 Å². The number of benzene rings is 7. The lowest BCUT2D eigenvalue weighted by Gasteiger charge is -2.13. The number of rotatable bonds is 4. The molecular formula is C44H28N2O. The molecule has 0 spiro atoms. The van der Waals surface area contributed by atoms with E-state index in [4.69, 9.17) is 14.4 Å². The summed E-state index contributed by atoms with van der Waals surface area (Å²) >= 11 is 0. The number of fused-ring (bicyclic) bond motifs is 5. The molecule has 9 rings (SSSR count). The number of hydrogen-bond donors (Lipinski definition) is 0. The summed E-state index contributed by atoms with van der Waals surface area (Å²) in [5.74, 6) is 0.636. The van der Waals surface area contributed by atoms with Gasteiger partial charge in [-0.3, -0.25) is 0 Å². The first-order valence-electron chi connectivity index (χ1n) is 15.8. The molecule has 1 aliphatic heterocycles. The van der Waals surface area contributed by atoms with Crippen LogP contribution in [0.15, 0.2) is 184 Å². The van der Waals surface area contributed by atoms with Crippen LogP contribution in [0.5, 0.6) is 0 Å². The fourth-order valence-electron chi connectivity index (χ4n) is 6.61. The Morgan fingerprint density at radius 1 is 0.447 bits per heavy atom. The molecule has 8 aromatic rings. The van der Waals surface area contributed by atoms with Crippen LogP contribution in [0.25, 0.3) is 60.3 Å². The van der Waals surface area contributed by atoms with Crippen molar-refractivity contribution >= 4 is 60.7 Å². The summed E-state index contributed by atoms with van der Waals surface area (Å²) in [6.45, 7) is 0. The fraction of sp³-hybridized carbons (Fsp3) is 0. The van der Waals surface area contributed by atoms with E-state index in [1.165, 1.54) is 16.2 Å². The lowest BCUT2D eigenvalue weighted by molar-refractivity contribution is 0.669. The summed E-state index contributed by atoms with van der Waals surface area (Å²) in [5.41, 5.74) is 8.65. The normalized spacial score (nSPS) is 13.4. The Morgan fingerprint density at radius 3 is 2.09 bits per heavy atom. The molecule has 0 atom stereocenters. The van der Waals surface area contributed by atoms with Crippen molar-refractivity contribution in [3.63, 3.8) is 0 Å². The first-order chi connectivity index (χ1) is 23.3. The second-order valence-corrected chi connectivity index (χ2v) is 11.8. The van der Waals surface area contributed by atoms with Crippen LogP contribution in [0.3, 0.4) is 0 Å². The summed E-state index contributed by atoms with van der Waals surface area (Å²) in [7, 11) is 0. The van der Waals surface area contributed by atoms with E-state index in [1.807, 2.05) is 36.4 Å². The molecular weight excluding hydrogens is 572 g/mol. The van der Waals surface area contributed by atoms with Crippen LogP contribution in [-0.4, -0.2) is 11.5 Å². The van der Waals surface area contributed by atoms with Crippen molar-refractivity contribution in [2.75, 3.05) is 0 Å². The van der Waals surface area contributed by atoms with Gasteiger partial charge in [0.15, 0.2) is 5.84 Å². The Balaban J connectivity index is 1.27. The maximum absolute atomic E-state index is 6.45. The van der Waals surface area contributed by atoms with Crippen molar-refractivity contribution in [2.45, 2.75) is 0 Å². The van der Waals surface area contributed by atoms with Crippen LogP contribution in [0.1, 0.15) is 16.7 Å². The molecule has 47 heavy (non-hydrogen) atoms. The van der Waals surface area contributed by atoms with E-state index in [9.17, 15) is 0 Å². The third-order valence-corrected chi connectivity index (χ3v) is 8.91. The van der Waals surface area contributed by atoms with Gasteiger partial charge in [0.1, 0.15) is 11.2 Å². The number of allylic oxidation sites excluding steroid dienone is 3. The van der Waals surface area contributed by atoms with Crippen molar-refractivity contribution in [3.8, 4) is 11.1 Å². The van der Waals surface area contributed by atoms with E-state index in [2.05, 4.69) is 133 Å². The lowest BCUT2D eigenvalue weighted by Crippen LogP contribution is -2.07. The molecule has 0 radical (unpaired) electrons. The van der Waals surface area contributed by atoms with Gasteiger partial charge in [-0.15, -0.1) is 0 Å². The highest BCUT2D eigenvalue weighted by molar-refractivity contribution is 6.24. The molecule has 0 saturated heterocycles. The third kappa shape index (κ3) is 4.86. The monoisotopic (exact) mass is 600 g/mol. The molecule has 3 nitrogen and oxygen atoms in total. The molecule has 2 heterocycles. The average molecular weight is 601 g/mol. The van der Waals surface area contributed by atoms with Crippen LogP contribution in [0.2, 0.25) is 0 Å². The van der Waals surface area contributed by atoms with E-state index < -0.39 is 0 Å². The van der Waals surface area contributed by atoms with Crippen LogP contribution in [-0.2, 0) is 0 Å². The third-order valence-electron chi connectivity index (χ3n) is 8.91. The van der Waals surface area contributed by atoms with Gasteiger partial charge in [0.25, 0.3) is 0 Å². The average Bonchev–Trinajstić information content (AvgIpc) is 3.50. The van der Waals surface area contributed by atoms with Crippen molar-refractivity contribution < 1.29 is 4.42 Å². The highest BCUT2D eigenvalue weighted by Gasteiger charge is 2.18. The Bertz CT molecular complexity index is 2610. The number of hydrogen-bond acceptors (Lipinski definition) is 3. The minimum atomic E-state index is 0.636. The minimum absolute atomic E-state index is 0.636. The summed E-state index contributed by atoms with van der Waals surface area (Å²) in [6.07, 6.45) is 6.21. The molecule has 7 aromatic carbocycles. The second kappa shape index (κ2) is 11.2. The van der Waals surface area contributed by atoms with Crippen LogP contribution < -0.4 is 0 Å². The van der Waals surface area contributed by atoms with Gasteiger partial charge in [-0.05, 0) is 69.1 Å². The molecule has 220 valence electrons. The first-order valence-corrected chi connectivity index (χ1v) is 15.8. The topological polar surface area (TPSA) is 37.9 Å². The standard InChI is InChI=1S/C44H28N2O/c1-2-13-31(14-3-1)39-20-10-21-40(36-18-8-16-30-12-6-7-17-35(30)36)46-44(45-39)37-19-9-22-42-43(37)38-28-34(25-26-41(38)47-42)33-24-23-29-11-4-5-15-32(29)27-33/h1-28H. The van der Waals surface area contributed by atoms with Gasteiger partial charge in [-0.2, -0.15) is 0 Å². The van der Waals surface area contributed by atoms with E-state index in [0.717, 1.165) is 66.6 Å². The van der Waals surface area contributed by atoms with Gasteiger partial charge in [0, 0.05) is 27.5 Å². The van der Waals surface area contributed by atoms with E-state index in [1.54, 1.807) is 0 Å². The van der Waals surface area contributed by atoms with Crippen LogP contribution in [0.4, 0.5) is 0 Å². The minimum Gasteiger partial charge on any atom is -0.456 e. The predicted octanol–water partition coefficient (Wildman–Crippen LogP) is 11.4. The summed E-state index contributed by atoms with van der Waals surface area (Å²) < 4.78 is 6.45. The van der Waals surface area contributed by atoms with Crippen molar-refractivity contribution in [3.05, 3.63) is 187 Å². The van der Waals surface area contributed by atoms with Gasteiger partial charge >= 0.3 is 0 Å². The van der Waals surface area contributed by atoms with Crippen molar-refractivity contribution in [2.24, 2.45) is 9.98 Å². The molecule has 0 N–H and O–H groups in total. The van der Waals surface area contributed by atoms with Crippen LogP contribution >= 0.6 is 0 Å². The van der Waals surface area contributed by atoms with Crippen molar-refractivity contribution in [1.82, 2.24) is 0 Å². The number of furan rings is 1. The van der Waals surface area contributed by atoms with Crippen molar-refractivity contribution in [1.29, 1.82) is 0 Å². The van der Waals surface area contributed by atoms with E-state index >= 15 is 0 Å². The van der Waals surface area contributed by atoms with Gasteiger partial charge in [0.2, 0.25) is 0 Å². The quantitative estimate of drug-likeness (QED) is 0.198. The summed E-state index contributed by atoms with van der Waals surface area (Å²) in [4.78, 5) is 10.6. The molecule has 1 aromatic heterocycles. The SMILES string of the molecule is C1=CC(c2ccccc2)=NC(c2cccc3oc4ccc(-c5ccc6ccccc6c5)cc4c23)=NC(c2cccc3ccccc23)=C1. The van der Waals surface area contributed by atoms with Gasteiger partial charge in [-0.1, -0.05) is 133 Å². The Kier molecular flexibility index (Phi) is 6.46. The number of aliphatic imine (C=N–C) groups is 2. The largest absolute Gasteiger partial charge is 0.456 e.